The van der Waals surface area contributed by atoms with Crippen LogP contribution in [-0.2, 0) is 4.79 Å². The molecule has 2 atom stereocenters. The maximum Gasteiger partial charge on any atom is 0.159 e. The Labute approximate surface area is 235 Å². The van der Waals surface area contributed by atoms with Crippen LogP contribution in [0.2, 0.25) is 0 Å². The minimum atomic E-state index is 0.289. The molecule has 3 aliphatic rings. The van der Waals surface area contributed by atoms with Crippen molar-refractivity contribution in [3.63, 3.8) is 0 Å². The molecular weight excluding hydrogens is 460 g/mol. The van der Waals surface area contributed by atoms with Crippen molar-refractivity contribution in [3.05, 3.63) is 41.5 Å². The number of ketones is 1. The first-order valence-electron chi connectivity index (χ1n) is 16.9. The minimum absolute atomic E-state index is 0.289. The summed E-state index contributed by atoms with van der Waals surface area (Å²) in [5.41, 5.74) is 4.26. The van der Waals surface area contributed by atoms with Crippen molar-refractivity contribution >= 4 is 11.4 Å². The smallest absolute Gasteiger partial charge is 0.159 e. The van der Waals surface area contributed by atoms with Crippen molar-refractivity contribution < 1.29 is 4.79 Å². The lowest BCUT2D eigenvalue weighted by Gasteiger charge is -2.35. The average molecular weight is 519 g/mol. The predicted molar refractivity (Wildman–Crippen MR) is 164 cm³/mol. The Hall–Kier alpha value is -1.37. The van der Waals surface area contributed by atoms with Gasteiger partial charge in [-0.25, -0.2) is 0 Å². The summed E-state index contributed by atoms with van der Waals surface area (Å²) in [6, 6.07) is 9.10. The molecular formula is C37H58O. The summed E-state index contributed by atoms with van der Waals surface area (Å²) in [5, 5.41) is 0. The van der Waals surface area contributed by atoms with E-state index in [0.29, 0.717) is 17.6 Å². The standard InChI is InChI=1S/C37H58O/c1-4-6-7-8-9-10-13-29-16-20-32(21-17-29)36-25-24-33(27-37(36)38)35-15-12-11-14-34(35)31-22-18-30(19-23-31)26-28(3)5-2/h11-12,14-15,27-32,36H,4-10,13,16-26H2,1-3H3/t28?,29-,30?,31?,32-,36?. The Bertz CT molecular complexity index is 864. The van der Waals surface area contributed by atoms with Gasteiger partial charge in [0.15, 0.2) is 5.78 Å². The van der Waals surface area contributed by atoms with Gasteiger partial charge in [0.05, 0.1) is 0 Å². The van der Waals surface area contributed by atoms with E-state index in [1.807, 2.05) is 0 Å². The topological polar surface area (TPSA) is 17.1 Å². The second-order valence-corrected chi connectivity index (χ2v) is 13.6. The maximum atomic E-state index is 13.4. The molecule has 0 radical (unpaired) electrons. The van der Waals surface area contributed by atoms with Crippen LogP contribution in [-0.4, -0.2) is 5.78 Å². The van der Waals surface area contributed by atoms with Crippen LogP contribution in [0.5, 0.6) is 0 Å². The minimum Gasteiger partial charge on any atom is -0.295 e. The third kappa shape index (κ3) is 8.32. The zero-order valence-electron chi connectivity index (χ0n) is 25.2. The third-order valence-electron chi connectivity index (χ3n) is 10.9. The van der Waals surface area contributed by atoms with Gasteiger partial charge in [-0.1, -0.05) is 109 Å². The number of unbranched alkanes of at least 4 members (excludes halogenated alkanes) is 5. The van der Waals surface area contributed by atoms with Crippen molar-refractivity contribution in [1.82, 2.24) is 0 Å². The molecule has 0 aliphatic heterocycles. The molecule has 0 bridgehead atoms. The van der Waals surface area contributed by atoms with Crippen molar-refractivity contribution in [2.75, 3.05) is 0 Å². The normalized spacial score (nSPS) is 29.2. The van der Waals surface area contributed by atoms with Crippen LogP contribution >= 0.6 is 0 Å². The van der Waals surface area contributed by atoms with E-state index >= 15 is 0 Å². The number of benzene rings is 1. The van der Waals surface area contributed by atoms with Gasteiger partial charge in [-0.2, -0.15) is 0 Å². The molecule has 2 saturated carbocycles. The highest BCUT2D eigenvalue weighted by molar-refractivity contribution is 6.00. The summed E-state index contributed by atoms with van der Waals surface area (Å²) in [4.78, 5) is 13.4. The summed E-state index contributed by atoms with van der Waals surface area (Å²) < 4.78 is 0. The van der Waals surface area contributed by atoms with Crippen molar-refractivity contribution in [2.24, 2.45) is 29.6 Å². The average Bonchev–Trinajstić information content (AvgIpc) is 2.95. The number of carbonyl (C=O) groups is 1. The van der Waals surface area contributed by atoms with Crippen LogP contribution in [0.25, 0.3) is 5.57 Å². The molecule has 4 rings (SSSR count). The molecule has 212 valence electrons. The Morgan fingerprint density at radius 2 is 1.47 bits per heavy atom. The lowest BCUT2D eigenvalue weighted by atomic mass is 9.69. The summed E-state index contributed by atoms with van der Waals surface area (Å²) in [6.45, 7) is 7.05. The molecule has 3 aliphatic carbocycles. The summed E-state index contributed by atoms with van der Waals surface area (Å²) >= 11 is 0. The number of allylic oxidation sites excluding steroid dienone is 2. The summed E-state index contributed by atoms with van der Waals surface area (Å²) in [6.07, 6.45) is 27.6. The van der Waals surface area contributed by atoms with Gasteiger partial charge in [-0.3, -0.25) is 4.79 Å². The molecule has 0 heterocycles. The van der Waals surface area contributed by atoms with Crippen LogP contribution in [0, 0.1) is 29.6 Å². The Balaban J connectivity index is 1.27. The fraction of sp³-hybridized carbons (Fsp3) is 0.757. The quantitative estimate of drug-likeness (QED) is 0.237. The SMILES string of the molecule is CCCCCCCC[C@H]1CC[C@H](C2CCC(c3ccccc3C3CCC(CC(C)CC)CC3)=CC2=O)CC1. The highest BCUT2D eigenvalue weighted by Crippen LogP contribution is 2.44. The largest absolute Gasteiger partial charge is 0.295 e. The monoisotopic (exact) mass is 518 g/mol. The van der Waals surface area contributed by atoms with Gasteiger partial charge < -0.3 is 0 Å². The van der Waals surface area contributed by atoms with Crippen LogP contribution in [0.1, 0.15) is 160 Å². The van der Waals surface area contributed by atoms with Crippen molar-refractivity contribution in [2.45, 2.75) is 149 Å². The zero-order chi connectivity index (χ0) is 26.7. The predicted octanol–water partition coefficient (Wildman–Crippen LogP) is 11.3. The van der Waals surface area contributed by atoms with E-state index in [1.54, 1.807) is 0 Å². The van der Waals surface area contributed by atoms with Crippen molar-refractivity contribution in [3.8, 4) is 0 Å². The third-order valence-corrected chi connectivity index (χ3v) is 10.9. The molecule has 38 heavy (non-hydrogen) atoms. The molecule has 1 heteroatoms. The molecule has 2 unspecified atom stereocenters. The van der Waals surface area contributed by atoms with Gasteiger partial charge in [0.25, 0.3) is 0 Å². The fourth-order valence-corrected chi connectivity index (χ4v) is 8.17. The maximum absolute atomic E-state index is 13.4. The number of rotatable bonds is 13. The highest BCUT2D eigenvalue weighted by Gasteiger charge is 2.34. The second kappa shape index (κ2) is 15.4. The lowest BCUT2D eigenvalue weighted by molar-refractivity contribution is -0.120. The fourth-order valence-electron chi connectivity index (χ4n) is 8.17. The Kier molecular flexibility index (Phi) is 12.0. The Morgan fingerprint density at radius 3 is 2.18 bits per heavy atom. The number of carbonyl (C=O) groups excluding carboxylic acids is 1. The van der Waals surface area contributed by atoms with Crippen molar-refractivity contribution in [1.29, 1.82) is 0 Å². The first kappa shape index (κ1) is 29.6. The molecule has 2 fully saturated rings. The van der Waals surface area contributed by atoms with Gasteiger partial charge in [-0.05, 0) is 110 Å². The van der Waals surface area contributed by atoms with Crippen LogP contribution in [0.15, 0.2) is 30.3 Å². The molecule has 0 aromatic heterocycles. The molecule has 0 saturated heterocycles. The number of hydrogen-bond acceptors (Lipinski definition) is 1. The van der Waals surface area contributed by atoms with E-state index in [2.05, 4.69) is 51.1 Å². The first-order valence-corrected chi connectivity index (χ1v) is 16.9. The molecule has 0 amide bonds. The van der Waals surface area contributed by atoms with E-state index in [-0.39, 0.29) is 5.92 Å². The van der Waals surface area contributed by atoms with Gasteiger partial charge in [-0.15, -0.1) is 0 Å². The van der Waals surface area contributed by atoms with Gasteiger partial charge >= 0.3 is 0 Å². The summed E-state index contributed by atoms with van der Waals surface area (Å²) in [7, 11) is 0. The van der Waals surface area contributed by atoms with E-state index in [4.69, 9.17) is 0 Å². The molecule has 1 aromatic rings. The molecule has 0 spiro atoms. The van der Waals surface area contributed by atoms with Crippen LogP contribution < -0.4 is 0 Å². The lowest BCUT2D eigenvalue weighted by Crippen LogP contribution is -2.29. The highest BCUT2D eigenvalue weighted by atomic mass is 16.1. The van der Waals surface area contributed by atoms with Crippen LogP contribution in [0.3, 0.4) is 0 Å². The molecule has 1 aromatic carbocycles. The van der Waals surface area contributed by atoms with E-state index in [9.17, 15) is 4.79 Å². The van der Waals surface area contributed by atoms with Crippen LogP contribution in [0.4, 0.5) is 0 Å². The van der Waals surface area contributed by atoms with Gasteiger partial charge in [0.1, 0.15) is 0 Å². The number of hydrogen-bond donors (Lipinski definition) is 0. The van der Waals surface area contributed by atoms with Gasteiger partial charge in [0, 0.05) is 5.92 Å². The molecule has 0 N–H and O–H groups in total. The first-order chi connectivity index (χ1) is 18.6. The van der Waals surface area contributed by atoms with Gasteiger partial charge in [0.2, 0.25) is 0 Å². The zero-order valence-corrected chi connectivity index (χ0v) is 25.2. The molecule has 1 nitrogen and oxygen atoms in total. The summed E-state index contributed by atoms with van der Waals surface area (Å²) in [5.74, 6) is 4.76. The second-order valence-electron chi connectivity index (χ2n) is 13.6. The Morgan fingerprint density at radius 1 is 0.789 bits per heavy atom. The van der Waals surface area contributed by atoms with E-state index < -0.39 is 0 Å². The van der Waals surface area contributed by atoms with E-state index in [1.165, 1.54) is 126 Å². The van der Waals surface area contributed by atoms with E-state index in [0.717, 1.165) is 30.6 Å².